The van der Waals surface area contributed by atoms with Gasteiger partial charge in [-0.3, -0.25) is 19.1 Å². The second-order valence-electron chi connectivity index (χ2n) is 5.23. The number of fused-ring (bicyclic) bond motifs is 1. The van der Waals surface area contributed by atoms with Gasteiger partial charge in [0.05, 0.1) is 10.9 Å². The lowest BCUT2D eigenvalue weighted by Gasteiger charge is -2.10. The van der Waals surface area contributed by atoms with Gasteiger partial charge in [-0.2, -0.15) is 0 Å². The molecular weight excluding hydrogens is 374 g/mol. The Morgan fingerprint density at radius 2 is 1.79 bits per heavy atom. The highest BCUT2D eigenvalue weighted by atomic mass is 79.9. The first-order valence-corrected chi connectivity index (χ1v) is 8.11. The molecule has 0 bridgehead atoms. The van der Waals surface area contributed by atoms with Gasteiger partial charge in [-0.1, -0.05) is 28.1 Å². The van der Waals surface area contributed by atoms with Crippen molar-refractivity contribution >= 4 is 38.4 Å². The minimum atomic E-state index is -0.518. The van der Waals surface area contributed by atoms with Gasteiger partial charge in [0, 0.05) is 23.1 Å². The standard InChI is InChI=1S/C17H14BrN3O3/c18-11-5-7-12(8-6-11)19-15(22)9-10-21-14-4-2-1-3-13(14)16(23)20-17(21)24/h1-8H,9-10H2,(H,19,22)(H,20,23,24). The number of rotatable bonds is 4. The number of aromatic amines is 1. The number of nitrogens with zero attached hydrogens (tertiary/aromatic N) is 1. The number of carbonyl (C=O) groups excluding carboxylic acids is 1. The Kier molecular flexibility index (Phi) is 4.61. The zero-order chi connectivity index (χ0) is 17.1. The summed E-state index contributed by atoms with van der Waals surface area (Å²) in [7, 11) is 0. The highest BCUT2D eigenvalue weighted by molar-refractivity contribution is 9.10. The minimum absolute atomic E-state index is 0.117. The lowest BCUT2D eigenvalue weighted by atomic mass is 10.2. The number of hydrogen-bond acceptors (Lipinski definition) is 3. The number of carbonyl (C=O) groups is 1. The minimum Gasteiger partial charge on any atom is -0.326 e. The van der Waals surface area contributed by atoms with E-state index in [4.69, 9.17) is 0 Å². The molecule has 1 amide bonds. The van der Waals surface area contributed by atoms with Crippen molar-refractivity contribution < 1.29 is 4.79 Å². The molecule has 7 heteroatoms. The van der Waals surface area contributed by atoms with Crippen molar-refractivity contribution in [2.75, 3.05) is 5.32 Å². The summed E-state index contributed by atoms with van der Waals surface area (Å²) >= 11 is 3.33. The molecule has 3 rings (SSSR count). The van der Waals surface area contributed by atoms with Crippen molar-refractivity contribution in [1.29, 1.82) is 0 Å². The van der Waals surface area contributed by atoms with Gasteiger partial charge in [-0.15, -0.1) is 0 Å². The van der Waals surface area contributed by atoms with Crippen molar-refractivity contribution in [3.05, 3.63) is 73.8 Å². The molecule has 0 fully saturated rings. The summed E-state index contributed by atoms with van der Waals surface area (Å²) < 4.78 is 2.32. The van der Waals surface area contributed by atoms with Crippen LogP contribution < -0.4 is 16.6 Å². The molecule has 0 saturated carbocycles. The molecule has 0 aliphatic heterocycles. The van der Waals surface area contributed by atoms with E-state index in [0.29, 0.717) is 16.6 Å². The van der Waals surface area contributed by atoms with E-state index in [2.05, 4.69) is 26.2 Å². The molecule has 122 valence electrons. The number of para-hydroxylation sites is 1. The van der Waals surface area contributed by atoms with Crippen molar-refractivity contribution in [3.8, 4) is 0 Å². The van der Waals surface area contributed by atoms with E-state index >= 15 is 0 Å². The van der Waals surface area contributed by atoms with Gasteiger partial charge >= 0.3 is 5.69 Å². The second-order valence-corrected chi connectivity index (χ2v) is 6.15. The Bertz CT molecular complexity index is 1010. The molecule has 1 aromatic heterocycles. The lowest BCUT2D eigenvalue weighted by Crippen LogP contribution is -2.31. The number of H-pyrrole nitrogens is 1. The molecule has 0 aliphatic carbocycles. The van der Waals surface area contributed by atoms with Crippen molar-refractivity contribution in [2.45, 2.75) is 13.0 Å². The van der Waals surface area contributed by atoms with Crippen LogP contribution >= 0.6 is 15.9 Å². The summed E-state index contributed by atoms with van der Waals surface area (Å²) in [6.45, 7) is 0.179. The Labute approximate surface area is 145 Å². The maximum absolute atomic E-state index is 12.1. The fourth-order valence-corrected chi connectivity index (χ4v) is 2.70. The van der Waals surface area contributed by atoms with Gasteiger partial charge < -0.3 is 5.32 Å². The number of aryl methyl sites for hydroxylation is 1. The Morgan fingerprint density at radius 3 is 2.54 bits per heavy atom. The Hall–Kier alpha value is -2.67. The Balaban J connectivity index is 1.78. The lowest BCUT2D eigenvalue weighted by molar-refractivity contribution is -0.116. The van der Waals surface area contributed by atoms with Crippen LogP contribution in [-0.2, 0) is 11.3 Å². The van der Waals surface area contributed by atoms with Crippen molar-refractivity contribution in [1.82, 2.24) is 9.55 Å². The summed E-state index contributed by atoms with van der Waals surface area (Å²) in [4.78, 5) is 38.2. The molecule has 2 aromatic carbocycles. The van der Waals surface area contributed by atoms with Crippen LogP contribution in [0.3, 0.4) is 0 Å². The van der Waals surface area contributed by atoms with Crippen LogP contribution in [0.15, 0.2) is 62.6 Å². The second kappa shape index (κ2) is 6.84. The normalized spacial score (nSPS) is 10.7. The van der Waals surface area contributed by atoms with Crippen LogP contribution in [-0.4, -0.2) is 15.5 Å². The van der Waals surface area contributed by atoms with Gasteiger partial charge in [0.25, 0.3) is 5.56 Å². The first kappa shape index (κ1) is 16.2. The van der Waals surface area contributed by atoms with Gasteiger partial charge in [-0.25, -0.2) is 4.79 Å². The zero-order valence-electron chi connectivity index (χ0n) is 12.6. The molecule has 2 N–H and O–H groups in total. The largest absolute Gasteiger partial charge is 0.328 e. The third-order valence-electron chi connectivity index (χ3n) is 3.60. The molecule has 1 heterocycles. The highest BCUT2D eigenvalue weighted by Gasteiger charge is 2.09. The molecular formula is C17H14BrN3O3. The molecule has 0 atom stereocenters. The van der Waals surface area contributed by atoms with Crippen LogP contribution in [0.1, 0.15) is 6.42 Å². The van der Waals surface area contributed by atoms with Crippen molar-refractivity contribution in [2.24, 2.45) is 0 Å². The molecule has 3 aromatic rings. The number of amides is 1. The molecule has 0 saturated heterocycles. The first-order chi connectivity index (χ1) is 11.5. The summed E-state index contributed by atoms with van der Waals surface area (Å²) in [6, 6.07) is 14.0. The van der Waals surface area contributed by atoms with E-state index in [0.717, 1.165) is 4.47 Å². The van der Waals surface area contributed by atoms with Gasteiger partial charge in [0.1, 0.15) is 0 Å². The molecule has 0 aliphatic rings. The SMILES string of the molecule is O=C(CCn1c(=O)[nH]c(=O)c2ccccc21)Nc1ccc(Br)cc1. The summed E-state index contributed by atoms with van der Waals surface area (Å²) in [5, 5.41) is 3.19. The molecule has 6 nitrogen and oxygen atoms in total. The fourth-order valence-electron chi connectivity index (χ4n) is 2.43. The number of nitrogens with one attached hydrogen (secondary N) is 2. The Morgan fingerprint density at radius 1 is 1.08 bits per heavy atom. The van der Waals surface area contributed by atoms with Crippen molar-refractivity contribution in [3.63, 3.8) is 0 Å². The van der Waals surface area contributed by atoms with E-state index in [1.165, 1.54) is 4.57 Å². The van der Waals surface area contributed by atoms with Crippen LogP contribution in [0.5, 0.6) is 0 Å². The fraction of sp³-hybridized carbons (Fsp3) is 0.118. The quantitative estimate of drug-likeness (QED) is 0.720. The monoisotopic (exact) mass is 387 g/mol. The van der Waals surface area contributed by atoms with E-state index in [1.807, 2.05) is 12.1 Å². The maximum Gasteiger partial charge on any atom is 0.328 e. The van der Waals surface area contributed by atoms with Crippen LogP contribution in [0.2, 0.25) is 0 Å². The number of anilines is 1. The number of halogens is 1. The van der Waals surface area contributed by atoms with E-state index in [9.17, 15) is 14.4 Å². The van der Waals surface area contributed by atoms with Gasteiger partial charge in [0.2, 0.25) is 5.91 Å². The summed E-state index contributed by atoms with van der Waals surface area (Å²) in [6.07, 6.45) is 0.117. The summed E-state index contributed by atoms with van der Waals surface area (Å²) in [5.41, 5.74) is 0.255. The molecule has 0 spiro atoms. The third kappa shape index (κ3) is 3.46. The topological polar surface area (TPSA) is 84.0 Å². The maximum atomic E-state index is 12.1. The number of aromatic nitrogens is 2. The molecule has 0 radical (unpaired) electrons. The average molecular weight is 388 g/mol. The number of hydrogen-bond donors (Lipinski definition) is 2. The van der Waals surface area contributed by atoms with Gasteiger partial charge in [0.15, 0.2) is 0 Å². The third-order valence-corrected chi connectivity index (χ3v) is 4.12. The molecule has 0 unspecified atom stereocenters. The van der Waals surface area contributed by atoms with Crippen LogP contribution in [0.4, 0.5) is 5.69 Å². The van der Waals surface area contributed by atoms with E-state index in [-0.39, 0.29) is 18.9 Å². The highest BCUT2D eigenvalue weighted by Crippen LogP contribution is 2.14. The smallest absolute Gasteiger partial charge is 0.326 e. The average Bonchev–Trinajstić information content (AvgIpc) is 2.57. The van der Waals surface area contributed by atoms with Crippen LogP contribution in [0.25, 0.3) is 10.9 Å². The summed E-state index contributed by atoms with van der Waals surface area (Å²) in [5.74, 6) is -0.209. The molecule has 24 heavy (non-hydrogen) atoms. The first-order valence-electron chi connectivity index (χ1n) is 7.32. The van der Waals surface area contributed by atoms with E-state index in [1.54, 1.807) is 36.4 Å². The van der Waals surface area contributed by atoms with E-state index < -0.39 is 11.2 Å². The zero-order valence-corrected chi connectivity index (χ0v) is 14.2. The van der Waals surface area contributed by atoms with Crippen LogP contribution in [0, 0.1) is 0 Å². The van der Waals surface area contributed by atoms with Gasteiger partial charge in [-0.05, 0) is 36.4 Å². The number of benzene rings is 2. The predicted octanol–water partition coefficient (Wildman–Crippen LogP) is 2.48. The predicted molar refractivity (Wildman–Crippen MR) is 96.2 cm³/mol.